The molecule has 0 aliphatic carbocycles. The van der Waals surface area contributed by atoms with Gasteiger partial charge in [0.05, 0.1) is 34.1 Å². The highest BCUT2D eigenvalue weighted by Crippen LogP contribution is 2.55. The van der Waals surface area contributed by atoms with Crippen LogP contribution < -0.4 is 23.8 Å². The van der Waals surface area contributed by atoms with Gasteiger partial charge in [0, 0.05) is 49.8 Å². The van der Waals surface area contributed by atoms with Gasteiger partial charge in [-0.25, -0.2) is 0 Å². The first-order valence-corrected chi connectivity index (χ1v) is 16.3. The molecule has 1 fully saturated rings. The fraction of sp³-hybridized carbons (Fsp3) is 0.389. The van der Waals surface area contributed by atoms with Crippen molar-refractivity contribution in [2.75, 3.05) is 73.1 Å². The Kier molecular flexibility index (Phi) is 10.8. The average molecular weight is 646 g/mol. The summed E-state index contributed by atoms with van der Waals surface area (Å²) < 4.78 is 21.2. The Labute approximate surface area is 276 Å². The summed E-state index contributed by atoms with van der Waals surface area (Å²) in [6.45, 7) is 3.88. The molecule has 5 rings (SSSR count). The van der Waals surface area contributed by atoms with Crippen molar-refractivity contribution in [2.45, 2.75) is 28.9 Å². The van der Waals surface area contributed by atoms with E-state index in [9.17, 15) is 9.59 Å². The van der Waals surface area contributed by atoms with E-state index in [1.165, 1.54) is 0 Å². The summed E-state index contributed by atoms with van der Waals surface area (Å²) in [6, 6.07) is 19.3. The summed E-state index contributed by atoms with van der Waals surface area (Å²) in [5.41, 5.74) is 2.62. The summed E-state index contributed by atoms with van der Waals surface area (Å²) in [7, 11) is 8.33. The summed E-state index contributed by atoms with van der Waals surface area (Å²) in [6.07, 6.45) is 5.86. The second kappa shape index (κ2) is 15.0. The van der Waals surface area contributed by atoms with Crippen LogP contribution in [0.4, 0.5) is 5.69 Å². The number of piperazine rings is 1. The van der Waals surface area contributed by atoms with Crippen molar-refractivity contribution in [3.05, 3.63) is 77.9 Å². The van der Waals surface area contributed by atoms with E-state index >= 15 is 0 Å². The summed E-state index contributed by atoms with van der Waals surface area (Å²) >= 11 is 1.61. The van der Waals surface area contributed by atoms with Gasteiger partial charge < -0.3 is 28.7 Å². The Morgan fingerprint density at radius 2 is 1.57 bits per heavy atom. The third-order valence-electron chi connectivity index (χ3n) is 8.77. The number of carbonyl (C=O) groups is 2. The predicted octanol–water partition coefficient (Wildman–Crippen LogP) is 5.71. The molecule has 46 heavy (non-hydrogen) atoms. The molecule has 1 atom stereocenters. The number of hydrogen-bond donors (Lipinski definition) is 0. The zero-order chi connectivity index (χ0) is 32.7. The zero-order valence-electron chi connectivity index (χ0n) is 27.3. The van der Waals surface area contributed by atoms with Gasteiger partial charge in [0.15, 0.2) is 11.5 Å². The SMILES string of the molecule is COc1ccc(OC)c(C2(CCCCN3CCN(C(=O)C=Cc4ccc(OC)c(OC)c4)CC3)Sc3ccccc3N(C)C2=O)c1. The maximum absolute atomic E-state index is 14.2. The molecule has 0 bridgehead atoms. The van der Waals surface area contributed by atoms with E-state index in [0.29, 0.717) is 42.5 Å². The lowest BCUT2D eigenvalue weighted by atomic mass is 9.89. The Hall–Kier alpha value is -4.15. The van der Waals surface area contributed by atoms with Crippen molar-refractivity contribution in [3.63, 3.8) is 0 Å². The maximum atomic E-state index is 14.2. The Morgan fingerprint density at radius 3 is 2.28 bits per heavy atom. The minimum absolute atomic E-state index is 0.000787. The number of likely N-dealkylation sites (N-methyl/N-ethyl adjacent to an activating group) is 1. The van der Waals surface area contributed by atoms with Gasteiger partial charge in [0.25, 0.3) is 0 Å². The Morgan fingerprint density at radius 1 is 0.848 bits per heavy atom. The number of unbranched alkanes of at least 4 members (excludes halogenated alkanes) is 1. The molecule has 244 valence electrons. The lowest BCUT2D eigenvalue weighted by molar-refractivity contribution is -0.127. The molecular formula is C36H43N3O6S. The molecule has 1 unspecified atom stereocenters. The third-order valence-corrected chi connectivity index (χ3v) is 10.3. The van der Waals surface area contributed by atoms with Gasteiger partial charge in [0.2, 0.25) is 11.8 Å². The molecule has 2 aliphatic rings. The lowest BCUT2D eigenvalue weighted by Gasteiger charge is -2.41. The van der Waals surface area contributed by atoms with Crippen molar-refractivity contribution >= 4 is 35.3 Å². The smallest absolute Gasteiger partial charge is 0.248 e. The van der Waals surface area contributed by atoms with E-state index < -0.39 is 4.75 Å². The van der Waals surface area contributed by atoms with E-state index in [-0.39, 0.29) is 11.8 Å². The predicted molar refractivity (Wildman–Crippen MR) is 182 cm³/mol. The number of thioether (sulfide) groups is 1. The second-order valence-corrected chi connectivity index (χ2v) is 12.7. The Bertz CT molecular complexity index is 1570. The van der Waals surface area contributed by atoms with Gasteiger partial charge in [-0.3, -0.25) is 14.5 Å². The minimum Gasteiger partial charge on any atom is -0.497 e. The van der Waals surface area contributed by atoms with Crippen LogP contribution in [0.1, 0.15) is 30.4 Å². The van der Waals surface area contributed by atoms with Crippen molar-refractivity contribution < 1.29 is 28.5 Å². The molecule has 2 heterocycles. The van der Waals surface area contributed by atoms with Crippen LogP contribution in [0, 0.1) is 0 Å². The number of anilines is 1. The largest absolute Gasteiger partial charge is 0.497 e. The van der Waals surface area contributed by atoms with Crippen molar-refractivity contribution in [3.8, 4) is 23.0 Å². The van der Waals surface area contributed by atoms with Crippen LogP contribution in [0.2, 0.25) is 0 Å². The number of para-hydroxylation sites is 1. The number of rotatable bonds is 12. The van der Waals surface area contributed by atoms with E-state index in [1.54, 1.807) is 51.2 Å². The molecule has 0 radical (unpaired) electrons. The molecule has 3 aromatic carbocycles. The van der Waals surface area contributed by atoms with Gasteiger partial charge >= 0.3 is 0 Å². The highest BCUT2D eigenvalue weighted by molar-refractivity contribution is 8.01. The van der Waals surface area contributed by atoms with E-state index in [4.69, 9.17) is 18.9 Å². The number of ether oxygens (including phenoxy) is 4. The topological polar surface area (TPSA) is 80.8 Å². The number of fused-ring (bicyclic) bond motifs is 1. The van der Waals surface area contributed by atoms with Crippen LogP contribution >= 0.6 is 11.8 Å². The molecule has 0 spiro atoms. The fourth-order valence-corrected chi connectivity index (χ4v) is 7.73. The molecule has 0 saturated carbocycles. The summed E-state index contributed by atoms with van der Waals surface area (Å²) in [4.78, 5) is 34.3. The van der Waals surface area contributed by atoms with Crippen molar-refractivity contribution in [1.29, 1.82) is 0 Å². The normalized spacial score (nSPS) is 18.4. The van der Waals surface area contributed by atoms with Gasteiger partial charge in [-0.15, -0.1) is 11.8 Å². The van der Waals surface area contributed by atoms with E-state index in [0.717, 1.165) is 54.2 Å². The highest BCUT2D eigenvalue weighted by atomic mass is 32.2. The van der Waals surface area contributed by atoms with Crippen LogP contribution in [0.5, 0.6) is 23.0 Å². The van der Waals surface area contributed by atoms with Crippen LogP contribution in [-0.2, 0) is 14.3 Å². The quantitative estimate of drug-likeness (QED) is 0.183. The first-order chi connectivity index (χ1) is 22.3. The van der Waals surface area contributed by atoms with Crippen LogP contribution in [0.3, 0.4) is 0 Å². The van der Waals surface area contributed by atoms with Crippen molar-refractivity contribution in [2.24, 2.45) is 0 Å². The highest BCUT2D eigenvalue weighted by Gasteiger charge is 2.48. The van der Waals surface area contributed by atoms with Crippen LogP contribution in [-0.4, -0.2) is 89.8 Å². The van der Waals surface area contributed by atoms with Gasteiger partial charge in [-0.05, 0) is 79.9 Å². The zero-order valence-corrected chi connectivity index (χ0v) is 28.1. The molecule has 3 aromatic rings. The van der Waals surface area contributed by atoms with E-state index in [2.05, 4.69) is 11.0 Å². The summed E-state index contributed by atoms with van der Waals surface area (Å²) in [5, 5.41) is 0. The number of amides is 2. The number of nitrogens with zero attached hydrogens (tertiary/aromatic N) is 3. The fourth-order valence-electron chi connectivity index (χ4n) is 6.16. The van der Waals surface area contributed by atoms with E-state index in [1.807, 2.05) is 72.6 Å². The van der Waals surface area contributed by atoms with Gasteiger partial charge in [-0.2, -0.15) is 0 Å². The molecule has 0 aromatic heterocycles. The maximum Gasteiger partial charge on any atom is 0.248 e. The van der Waals surface area contributed by atoms with Gasteiger partial charge in [-0.1, -0.05) is 18.2 Å². The standard InChI is InChI=1S/C36H43N3O6S/c1-37-29-10-6-7-11-33(29)46-36(35(37)41,28-25-27(42-2)14-16-30(28)43-3)18-8-9-19-38-20-22-39(23-21-38)34(40)17-13-26-12-15-31(44-4)32(24-26)45-5/h6-7,10-17,24-25H,8-9,18-23H2,1-5H3. The Balaban J connectivity index is 1.20. The first-order valence-electron chi connectivity index (χ1n) is 15.5. The molecule has 10 heteroatoms. The average Bonchev–Trinajstić information content (AvgIpc) is 3.10. The number of hydrogen-bond acceptors (Lipinski definition) is 8. The molecule has 2 aliphatic heterocycles. The molecular weight excluding hydrogens is 602 g/mol. The lowest BCUT2D eigenvalue weighted by Crippen LogP contribution is -2.48. The monoisotopic (exact) mass is 645 g/mol. The van der Waals surface area contributed by atoms with Crippen LogP contribution in [0.25, 0.3) is 6.08 Å². The molecule has 2 amide bonds. The summed E-state index contributed by atoms with van der Waals surface area (Å²) in [5.74, 6) is 2.69. The van der Waals surface area contributed by atoms with Crippen LogP contribution in [0.15, 0.2) is 71.6 Å². The number of benzene rings is 3. The minimum atomic E-state index is -0.853. The molecule has 1 saturated heterocycles. The van der Waals surface area contributed by atoms with Crippen molar-refractivity contribution in [1.82, 2.24) is 9.80 Å². The molecule has 9 nitrogen and oxygen atoms in total. The third kappa shape index (κ3) is 6.98. The molecule has 0 N–H and O–H groups in total. The number of methoxy groups -OCH3 is 4. The number of carbonyl (C=O) groups excluding carboxylic acids is 2. The second-order valence-electron chi connectivity index (χ2n) is 11.4. The first kappa shape index (κ1) is 33.2. The van der Waals surface area contributed by atoms with Gasteiger partial charge in [0.1, 0.15) is 16.2 Å².